The number of rotatable bonds is 2. The number of aliphatic hydroxyl groups excluding tert-OH is 1. The van der Waals surface area contributed by atoms with Crippen LogP contribution in [0.25, 0.3) is 0 Å². The fourth-order valence-corrected chi connectivity index (χ4v) is 2.58. The maximum atomic E-state index is 12.1. The summed E-state index contributed by atoms with van der Waals surface area (Å²) in [5.41, 5.74) is 0.622. The third kappa shape index (κ3) is 3.56. The first-order valence-electron chi connectivity index (χ1n) is 5.95. The van der Waals surface area contributed by atoms with Crippen molar-refractivity contribution >= 4 is 23.2 Å². The second-order valence-electron chi connectivity index (χ2n) is 4.14. The highest BCUT2D eigenvalue weighted by Crippen LogP contribution is 2.16. The van der Waals surface area contributed by atoms with Crippen molar-refractivity contribution in [3.8, 4) is 11.8 Å². The lowest BCUT2D eigenvalue weighted by Crippen LogP contribution is -2.47. The predicted molar refractivity (Wildman–Crippen MR) is 71.8 cm³/mol. The van der Waals surface area contributed by atoms with Crippen LogP contribution in [0, 0.1) is 11.8 Å². The van der Waals surface area contributed by atoms with Gasteiger partial charge in [-0.25, -0.2) is 0 Å². The molecule has 0 saturated carbocycles. The molecule has 0 bridgehead atoms. The molecule has 19 heavy (non-hydrogen) atoms. The van der Waals surface area contributed by atoms with E-state index in [9.17, 15) is 9.59 Å². The molecule has 5 nitrogen and oxygen atoms in total. The molecule has 2 heterocycles. The Labute approximate surface area is 115 Å². The summed E-state index contributed by atoms with van der Waals surface area (Å²) in [5, 5.41) is 16.1. The highest BCUT2D eigenvalue weighted by atomic mass is 32.1. The van der Waals surface area contributed by atoms with Crippen LogP contribution in [0.1, 0.15) is 28.1 Å². The fraction of sp³-hybridized carbons (Fsp3) is 0.385. The maximum Gasteiger partial charge on any atom is 0.262 e. The fourth-order valence-electron chi connectivity index (χ4n) is 1.83. The summed E-state index contributed by atoms with van der Waals surface area (Å²) in [7, 11) is 0. The second kappa shape index (κ2) is 6.36. The van der Waals surface area contributed by atoms with E-state index in [4.69, 9.17) is 5.11 Å². The summed E-state index contributed by atoms with van der Waals surface area (Å²) in [6, 6.07) is 1.72. The van der Waals surface area contributed by atoms with E-state index in [0.29, 0.717) is 29.8 Å². The van der Waals surface area contributed by atoms with Crippen LogP contribution in [0.4, 0.5) is 0 Å². The van der Waals surface area contributed by atoms with Gasteiger partial charge in [-0.05, 0) is 17.9 Å². The summed E-state index contributed by atoms with van der Waals surface area (Å²) in [4.78, 5) is 23.7. The van der Waals surface area contributed by atoms with E-state index >= 15 is 0 Å². The predicted octanol–water partition coefficient (Wildman–Crippen LogP) is 0.100. The Balaban J connectivity index is 2.00. The Hall–Kier alpha value is -1.84. The topological polar surface area (TPSA) is 78.4 Å². The molecule has 1 saturated heterocycles. The van der Waals surface area contributed by atoms with Crippen molar-refractivity contribution in [2.75, 3.05) is 13.2 Å². The molecule has 3 N–H and O–H groups in total. The molecular formula is C13H14N2O3S. The van der Waals surface area contributed by atoms with Crippen molar-refractivity contribution in [1.82, 2.24) is 10.6 Å². The summed E-state index contributed by atoms with van der Waals surface area (Å²) >= 11 is 1.31. The number of amides is 2. The Morgan fingerprint density at radius 2 is 2.47 bits per heavy atom. The number of aliphatic hydroxyl groups is 1. The Bertz CT molecular complexity index is 532. The third-order valence-corrected chi connectivity index (χ3v) is 3.69. The first-order valence-corrected chi connectivity index (χ1v) is 6.83. The van der Waals surface area contributed by atoms with Crippen molar-refractivity contribution < 1.29 is 14.7 Å². The van der Waals surface area contributed by atoms with E-state index in [1.54, 1.807) is 11.4 Å². The molecule has 2 rings (SSSR count). The van der Waals surface area contributed by atoms with Crippen LogP contribution in [0.5, 0.6) is 0 Å². The molecule has 1 aromatic heterocycles. The van der Waals surface area contributed by atoms with Gasteiger partial charge in [0.05, 0.1) is 0 Å². The van der Waals surface area contributed by atoms with E-state index in [1.807, 2.05) is 0 Å². The van der Waals surface area contributed by atoms with Crippen LogP contribution in [0.2, 0.25) is 0 Å². The van der Waals surface area contributed by atoms with Crippen molar-refractivity contribution in [2.45, 2.75) is 18.9 Å². The lowest BCUT2D eigenvalue weighted by atomic mass is 10.1. The van der Waals surface area contributed by atoms with Crippen LogP contribution < -0.4 is 10.6 Å². The van der Waals surface area contributed by atoms with Gasteiger partial charge in [0, 0.05) is 24.6 Å². The van der Waals surface area contributed by atoms with Crippen molar-refractivity contribution in [2.24, 2.45) is 0 Å². The lowest BCUT2D eigenvalue weighted by Gasteiger charge is -2.23. The first kappa shape index (κ1) is 13.6. The molecule has 0 aliphatic carbocycles. The van der Waals surface area contributed by atoms with Crippen LogP contribution in [-0.4, -0.2) is 36.1 Å². The molecule has 1 atom stereocenters. The number of carbonyl (C=O) groups excluding carboxylic acids is 2. The van der Waals surface area contributed by atoms with Gasteiger partial charge in [-0.3, -0.25) is 9.59 Å². The number of carbonyl (C=O) groups is 2. The van der Waals surface area contributed by atoms with Gasteiger partial charge in [0.25, 0.3) is 5.91 Å². The van der Waals surface area contributed by atoms with E-state index in [1.165, 1.54) is 11.3 Å². The average molecular weight is 278 g/mol. The largest absolute Gasteiger partial charge is 0.384 e. The molecule has 6 heteroatoms. The van der Waals surface area contributed by atoms with Crippen molar-refractivity contribution in [1.29, 1.82) is 0 Å². The molecule has 2 amide bonds. The standard InChI is InChI=1S/C13H14N2O3S/c16-6-1-2-9-5-7-19-12(9)13(18)15-10-3-4-11(17)14-8-10/h5,7,10,16H,3-4,6,8H2,(H,14,17)(H,15,18). The van der Waals surface area contributed by atoms with Crippen molar-refractivity contribution in [3.05, 3.63) is 21.9 Å². The van der Waals surface area contributed by atoms with E-state index in [2.05, 4.69) is 22.5 Å². The van der Waals surface area contributed by atoms with Gasteiger partial charge >= 0.3 is 0 Å². The molecule has 1 aromatic rings. The van der Waals surface area contributed by atoms with Crippen LogP contribution >= 0.6 is 11.3 Å². The van der Waals surface area contributed by atoms with E-state index < -0.39 is 0 Å². The Morgan fingerprint density at radius 1 is 1.63 bits per heavy atom. The molecule has 0 aromatic carbocycles. The van der Waals surface area contributed by atoms with Gasteiger partial charge in [0.15, 0.2) is 0 Å². The lowest BCUT2D eigenvalue weighted by molar-refractivity contribution is -0.122. The van der Waals surface area contributed by atoms with Crippen LogP contribution in [0.3, 0.4) is 0 Å². The minimum Gasteiger partial charge on any atom is -0.384 e. The number of hydrogen-bond acceptors (Lipinski definition) is 4. The third-order valence-electron chi connectivity index (χ3n) is 2.77. The van der Waals surface area contributed by atoms with Gasteiger partial charge in [-0.2, -0.15) is 0 Å². The summed E-state index contributed by atoms with van der Waals surface area (Å²) in [6.45, 7) is 0.235. The summed E-state index contributed by atoms with van der Waals surface area (Å²) < 4.78 is 0. The molecule has 1 aliphatic heterocycles. The molecule has 0 spiro atoms. The Morgan fingerprint density at radius 3 is 3.16 bits per heavy atom. The maximum absolute atomic E-state index is 12.1. The molecule has 0 radical (unpaired) electrons. The molecule has 1 aliphatic rings. The summed E-state index contributed by atoms with van der Waals surface area (Å²) in [5.74, 6) is 5.12. The number of nitrogens with one attached hydrogen (secondary N) is 2. The summed E-state index contributed by atoms with van der Waals surface area (Å²) in [6.07, 6.45) is 1.09. The monoisotopic (exact) mass is 278 g/mol. The van der Waals surface area contributed by atoms with Crippen LogP contribution in [0.15, 0.2) is 11.4 Å². The highest BCUT2D eigenvalue weighted by molar-refractivity contribution is 7.12. The zero-order chi connectivity index (χ0) is 13.7. The minimum absolute atomic E-state index is 0.0242. The smallest absolute Gasteiger partial charge is 0.262 e. The van der Waals surface area contributed by atoms with Crippen molar-refractivity contribution in [3.63, 3.8) is 0 Å². The molecule has 1 unspecified atom stereocenters. The Kier molecular flexibility index (Phi) is 4.55. The molecule has 1 fully saturated rings. The minimum atomic E-state index is -0.231. The van der Waals surface area contributed by atoms with Crippen LogP contribution in [-0.2, 0) is 4.79 Å². The SMILES string of the molecule is O=C1CCC(NC(=O)c2sccc2C#CCO)CN1. The van der Waals surface area contributed by atoms with Gasteiger partial charge in [-0.15, -0.1) is 11.3 Å². The highest BCUT2D eigenvalue weighted by Gasteiger charge is 2.21. The normalized spacial score (nSPS) is 18.2. The number of hydrogen-bond donors (Lipinski definition) is 3. The number of thiophene rings is 1. The molecule has 100 valence electrons. The molecular weight excluding hydrogens is 264 g/mol. The average Bonchev–Trinajstić information content (AvgIpc) is 2.87. The quantitative estimate of drug-likeness (QED) is 0.671. The zero-order valence-corrected chi connectivity index (χ0v) is 11.0. The van der Waals surface area contributed by atoms with Gasteiger partial charge in [-0.1, -0.05) is 11.8 Å². The van der Waals surface area contributed by atoms with E-state index in [0.717, 1.165) is 0 Å². The first-order chi connectivity index (χ1) is 9.20. The van der Waals surface area contributed by atoms with E-state index in [-0.39, 0.29) is 24.5 Å². The van der Waals surface area contributed by atoms with Gasteiger partial charge in [0.1, 0.15) is 11.5 Å². The number of piperidine rings is 1. The van der Waals surface area contributed by atoms with Gasteiger partial charge in [0.2, 0.25) is 5.91 Å². The second-order valence-corrected chi connectivity index (χ2v) is 5.05. The zero-order valence-electron chi connectivity index (χ0n) is 10.2. The van der Waals surface area contributed by atoms with Gasteiger partial charge < -0.3 is 15.7 Å².